The number of nitrogens with two attached hydrogens (primary N) is 1. The highest BCUT2D eigenvalue weighted by Crippen LogP contribution is 2.16. The van der Waals surface area contributed by atoms with Gasteiger partial charge in [0.1, 0.15) is 6.04 Å². The highest BCUT2D eigenvalue weighted by molar-refractivity contribution is 7.98. The average molecular weight is 331 g/mol. The van der Waals surface area contributed by atoms with E-state index in [1.807, 2.05) is 6.26 Å². The number of rotatable bonds is 7. The summed E-state index contributed by atoms with van der Waals surface area (Å²) in [7, 11) is 0. The summed E-state index contributed by atoms with van der Waals surface area (Å²) in [4.78, 5) is 23.1. The fraction of sp³-hybridized carbons (Fsp3) is 0.429. The van der Waals surface area contributed by atoms with Crippen molar-refractivity contribution in [3.8, 4) is 0 Å². The first-order valence-electron chi connectivity index (χ1n) is 6.65. The molecule has 1 rings (SSSR count). The maximum absolute atomic E-state index is 13.2. The highest BCUT2D eigenvalue weighted by Gasteiger charge is 2.21. The molecule has 0 spiro atoms. The summed E-state index contributed by atoms with van der Waals surface area (Å²) in [6, 6.07) is 1.33. The third-order valence-corrected chi connectivity index (χ3v) is 3.69. The van der Waals surface area contributed by atoms with Crippen LogP contribution in [0.3, 0.4) is 0 Å². The summed E-state index contributed by atoms with van der Waals surface area (Å²) < 4.78 is 26.1. The molecular formula is C14H19F2N3O2S. The second-order valence-corrected chi connectivity index (χ2v) is 5.73. The monoisotopic (exact) mass is 331 g/mol. The zero-order valence-corrected chi connectivity index (χ0v) is 13.2. The van der Waals surface area contributed by atoms with Crippen molar-refractivity contribution in [2.24, 2.45) is 5.73 Å². The molecule has 8 heteroatoms. The van der Waals surface area contributed by atoms with Gasteiger partial charge in [0.05, 0.1) is 6.04 Å². The summed E-state index contributed by atoms with van der Waals surface area (Å²) in [5, 5.41) is 5.02. The van der Waals surface area contributed by atoms with Crippen LogP contribution in [0.5, 0.6) is 0 Å². The topological polar surface area (TPSA) is 84.2 Å². The van der Waals surface area contributed by atoms with Gasteiger partial charge in [-0.25, -0.2) is 13.6 Å². The van der Waals surface area contributed by atoms with Crippen LogP contribution < -0.4 is 16.4 Å². The van der Waals surface area contributed by atoms with Crippen LogP contribution in [0.2, 0.25) is 0 Å². The summed E-state index contributed by atoms with van der Waals surface area (Å²) >= 11 is 1.53. The Kier molecular flexibility index (Phi) is 7.10. The lowest BCUT2D eigenvalue weighted by Gasteiger charge is -2.20. The molecule has 2 atom stereocenters. The Bertz CT molecular complexity index is 543. The number of thioether (sulfide) groups is 1. The fourth-order valence-electron chi connectivity index (χ4n) is 1.86. The molecular weight excluding hydrogens is 312 g/mol. The average Bonchev–Trinajstić information content (AvgIpc) is 2.45. The van der Waals surface area contributed by atoms with Gasteiger partial charge in [-0.2, -0.15) is 11.8 Å². The van der Waals surface area contributed by atoms with E-state index in [9.17, 15) is 18.4 Å². The fourth-order valence-corrected chi connectivity index (χ4v) is 2.33. The van der Waals surface area contributed by atoms with Gasteiger partial charge in [0, 0.05) is 0 Å². The molecule has 3 amide bonds. The number of halogens is 2. The Hall–Kier alpha value is -1.83. The molecule has 0 saturated heterocycles. The minimum atomic E-state index is -0.979. The summed E-state index contributed by atoms with van der Waals surface area (Å²) in [6.45, 7) is 1.64. The molecule has 0 bridgehead atoms. The first kappa shape index (κ1) is 18.2. The minimum absolute atomic E-state index is 0.417. The summed E-state index contributed by atoms with van der Waals surface area (Å²) in [5.74, 6) is -1.69. The van der Waals surface area contributed by atoms with E-state index in [1.165, 1.54) is 17.8 Å². The molecule has 0 aliphatic heterocycles. The summed E-state index contributed by atoms with van der Waals surface area (Å²) in [6.07, 6.45) is 2.30. The van der Waals surface area contributed by atoms with Crippen LogP contribution in [0.15, 0.2) is 18.2 Å². The predicted octanol–water partition coefficient (Wildman–Crippen LogP) is 1.93. The number of hydrogen-bond acceptors (Lipinski definition) is 3. The minimum Gasteiger partial charge on any atom is -0.352 e. The van der Waals surface area contributed by atoms with Gasteiger partial charge in [-0.3, -0.25) is 4.79 Å². The maximum Gasteiger partial charge on any atom is 0.312 e. The molecule has 0 radical (unpaired) electrons. The Morgan fingerprint density at radius 2 is 1.95 bits per heavy atom. The van der Waals surface area contributed by atoms with Gasteiger partial charge in [0.15, 0.2) is 11.6 Å². The summed E-state index contributed by atoms with van der Waals surface area (Å²) in [5.41, 5.74) is 5.48. The van der Waals surface area contributed by atoms with Crippen LogP contribution in [0.25, 0.3) is 0 Å². The third kappa shape index (κ3) is 5.51. The lowest BCUT2D eigenvalue weighted by atomic mass is 10.1. The number of amides is 3. The van der Waals surface area contributed by atoms with Crippen LogP contribution in [0.1, 0.15) is 24.9 Å². The van der Waals surface area contributed by atoms with Crippen molar-refractivity contribution >= 4 is 23.7 Å². The van der Waals surface area contributed by atoms with E-state index >= 15 is 0 Å². The standard InChI is InChI=1S/C14H19F2N3O2S/c1-8(9-3-4-10(15)11(16)7-9)18-13(20)12(5-6-22-2)19-14(17)21/h3-4,7-8,12H,5-6H2,1-2H3,(H,18,20)(H3,17,19,21)/t8-,12-/m1/s1. The zero-order valence-electron chi connectivity index (χ0n) is 12.4. The van der Waals surface area contributed by atoms with Crippen molar-refractivity contribution in [2.45, 2.75) is 25.4 Å². The largest absolute Gasteiger partial charge is 0.352 e. The van der Waals surface area contributed by atoms with E-state index in [0.717, 1.165) is 12.1 Å². The molecule has 0 unspecified atom stereocenters. The van der Waals surface area contributed by atoms with Crippen LogP contribution >= 0.6 is 11.8 Å². The van der Waals surface area contributed by atoms with Crippen LogP contribution in [0.4, 0.5) is 13.6 Å². The van der Waals surface area contributed by atoms with Gasteiger partial charge in [-0.05, 0) is 43.0 Å². The van der Waals surface area contributed by atoms with Crippen molar-refractivity contribution < 1.29 is 18.4 Å². The Morgan fingerprint density at radius 1 is 1.27 bits per heavy atom. The first-order valence-corrected chi connectivity index (χ1v) is 8.04. The van der Waals surface area contributed by atoms with Gasteiger partial charge in [-0.15, -0.1) is 0 Å². The van der Waals surface area contributed by atoms with Crippen molar-refractivity contribution in [1.29, 1.82) is 0 Å². The smallest absolute Gasteiger partial charge is 0.312 e. The molecule has 122 valence electrons. The number of hydrogen-bond donors (Lipinski definition) is 3. The zero-order chi connectivity index (χ0) is 16.7. The van der Waals surface area contributed by atoms with E-state index < -0.39 is 35.7 Å². The number of nitrogens with one attached hydrogen (secondary N) is 2. The number of benzene rings is 1. The highest BCUT2D eigenvalue weighted by atomic mass is 32.2. The predicted molar refractivity (Wildman–Crippen MR) is 82.4 cm³/mol. The van der Waals surface area contributed by atoms with E-state index in [4.69, 9.17) is 5.73 Å². The number of urea groups is 1. The molecule has 22 heavy (non-hydrogen) atoms. The van der Waals surface area contributed by atoms with E-state index in [1.54, 1.807) is 6.92 Å². The normalized spacial score (nSPS) is 13.3. The van der Waals surface area contributed by atoms with Gasteiger partial charge < -0.3 is 16.4 Å². The van der Waals surface area contributed by atoms with Gasteiger partial charge >= 0.3 is 6.03 Å². The van der Waals surface area contributed by atoms with E-state index in [2.05, 4.69) is 10.6 Å². The van der Waals surface area contributed by atoms with Crippen molar-refractivity contribution in [2.75, 3.05) is 12.0 Å². The second-order valence-electron chi connectivity index (χ2n) is 4.75. The molecule has 1 aromatic rings. The third-order valence-electron chi connectivity index (χ3n) is 3.05. The molecule has 0 aliphatic carbocycles. The molecule has 0 saturated carbocycles. The molecule has 0 aromatic heterocycles. The Morgan fingerprint density at radius 3 is 2.50 bits per heavy atom. The van der Waals surface area contributed by atoms with Crippen LogP contribution in [-0.2, 0) is 4.79 Å². The van der Waals surface area contributed by atoms with E-state index in [-0.39, 0.29) is 0 Å². The molecule has 1 aromatic carbocycles. The van der Waals surface area contributed by atoms with Gasteiger partial charge in [-0.1, -0.05) is 6.07 Å². The van der Waals surface area contributed by atoms with Crippen molar-refractivity contribution in [1.82, 2.24) is 10.6 Å². The lowest BCUT2D eigenvalue weighted by molar-refractivity contribution is -0.123. The number of carbonyl (C=O) groups excluding carboxylic acids is 2. The first-order chi connectivity index (χ1) is 10.3. The Balaban J connectivity index is 2.73. The second kappa shape index (κ2) is 8.57. The van der Waals surface area contributed by atoms with Crippen molar-refractivity contribution in [3.05, 3.63) is 35.4 Å². The van der Waals surface area contributed by atoms with Crippen molar-refractivity contribution in [3.63, 3.8) is 0 Å². The molecule has 0 heterocycles. The van der Waals surface area contributed by atoms with Gasteiger partial charge in [0.2, 0.25) is 5.91 Å². The molecule has 0 fully saturated rings. The number of primary amides is 1. The van der Waals surface area contributed by atoms with Crippen LogP contribution in [0, 0.1) is 11.6 Å². The number of carbonyl (C=O) groups is 2. The van der Waals surface area contributed by atoms with Gasteiger partial charge in [0.25, 0.3) is 0 Å². The SMILES string of the molecule is CSCC[C@@H](NC(N)=O)C(=O)N[C@H](C)c1ccc(F)c(F)c1. The Labute approximate surface area is 132 Å². The van der Waals surface area contributed by atoms with E-state index in [0.29, 0.717) is 17.7 Å². The maximum atomic E-state index is 13.2. The molecule has 0 aliphatic rings. The quantitative estimate of drug-likeness (QED) is 0.714. The van der Waals surface area contributed by atoms with Crippen LogP contribution in [-0.4, -0.2) is 30.0 Å². The molecule has 4 N–H and O–H groups in total. The lowest BCUT2D eigenvalue weighted by Crippen LogP contribution is -2.49. The molecule has 5 nitrogen and oxygen atoms in total.